The van der Waals surface area contributed by atoms with E-state index in [9.17, 15) is 9.59 Å². The highest BCUT2D eigenvalue weighted by atomic mass is 28.3. The summed E-state index contributed by atoms with van der Waals surface area (Å²) in [6.45, 7) is 18.5. The molecule has 44 heavy (non-hydrogen) atoms. The van der Waals surface area contributed by atoms with Crippen molar-refractivity contribution < 1.29 is 23.8 Å². The van der Waals surface area contributed by atoms with Gasteiger partial charge in [-0.05, 0) is 70.1 Å². The summed E-state index contributed by atoms with van der Waals surface area (Å²) >= 11 is 0. The van der Waals surface area contributed by atoms with Crippen molar-refractivity contribution >= 4 is 31.1 Å². The smallest absolute Gasteiger partial charge is 0.408 e. The SMILES string of the molecule is Cc1cn(COCC[Si](C)(C)C)c2nccc(Oc3cccc(CC(NC(=O)OC(C)(C)C)C(=O)N4CCN(C)CC4)c3)c12. The van der Waals surface area contributed by atoms with E-state index in [1.807, 2.05) is 60.0 Å². The van der Waals surface area contributed by atoms with Crippen molar-refractivity contribution in [3.63, 3.8) is 0 Å². The summed E-state index contributed by atoms with van der Waals surface area (Å²) in [6, 6.07) is 9.85. The minimum Gasteiger partial charge on any atom is -0.457 e. The summed E-state index contributed by atoms with van der Waals surface area (Å²) in [5.74, 6) is 1.22. The van der Waals surface area contributed by atoms with Crippen LogP contribution in [0.25, 0.3) is 11.0 Å². The number of pyridine rings is 1. The molecule has 0 bridgehead atoms. The third-order valence-corrected chi connectivity index (χ3v) is 9.21. The Labute approximate surface area is 262 Å². The molecule has 0 spiro atoms. The van der Waals surface area contributed by atoms with Crippen LogP contribution in [-0.2, 0) is 27.4 Å². The van der Waals surface area contributed by atoms with Crippen LogP contribution in [0.3, 0.4) is 0 Å². The maximum atomic E-state index is 13.6. The zero-order valence-corrected chi connectivity index (χ0v) is 28.6. The number of alkyl carbamates (subject to hydrolysis) is 1. The number of piperazine rings is 1. The molecule has 3 aromatic rings. The van der Waals surface area contributed by atoms with E-state index in [2.05, 4.69) is 34.8 Å². The van der Waals surface area contributed by atoms with E-state index < -0.39 is 25.8 Å². The minimum atomic E-state index is -1.17. The quantitative estimate of drug-likeness (QED) is 0.218. The zero-order chi connectivity index (χ0) is 32.1. The lowest BCUT2D eigenvalue weighted by Crippen LogP contribution is -2.55. The number of carbonyl (C=O) groups excluding carboxylic acids is 2. The second-order valence-corrected chi connectivity index (χ2v) is 19.5. The summed E-state index contributed by atoms with van der Waals surface area (Å²) in [6.07, 6.45) is 3.49. The Kier molecular flexibility index (Phi) is 10.8. The van der Waals surface area contributed by atoms with Gasteiger partial charge in [-0.25, -0.2) is 9.78 Å². The fourth-order valence-corrected chi connectivity index (χ4v) is 5.86. The van der Waals surface area contributed by atoms with Crippen molar-refractivity contribution in [3.8, 4) is 11.5 Å². The molecule has 1 aromatic carbocycles. The Morgan fingerprint density at radius 3 is 2.50 bits per heavy atom. The molecule has 1 unspecified atom stereocenters. The van der Waals surface area contributed by atoms with Crippen molar-refractivity contribution in [3.05, 3.63) is 53.9 Å². The van der Waals surface area contributed by atoms with E-state index >= 15 is 0 Å². The lowest BCUT2D eigenvalue weighted by Gasteiger charge is -2.35. The van der Waals surface area contributed by atoms with Gasteiger partial charge in [-0.3, -0.25) is 4.79 Å². The number of aromatic nitrogens is 2. The molecule has 2 amide bonds. The van der Waals surface area contributed by atoms with E-state index in [1.54, 1.807) is 27.0 Å². The van der Waals surface area contributed by atoms with Gasteiger partial charge in [0, 0.05) is 59.7 Å². The molecule has 2 aromatic heterocycles. The van der Waals surface area contributed by atoms with Crippen LogP contribution in [0.1, 0.15) is 31.9 Å². The van der Waals surface area contributed by atoms with Gasteiger partial charge >= 0.3 is 6.09 Å². The lowest BCUT2D eigenvalue weighted by molar-refractivity contribution is -0.135. The van der Waals surface area contributed by atoms with Crippen molar-refractivity contribution in [2.24, 2.45) is 0 Å². The van der Waals surface area contributed by atoms with Crippen LogP contribution in [0.5, 0.6) is 11.5 Å². The van der Waals surface area contributed by atoms with Crippen molar-refractivity contribution in [2.45, 2.75) is 78.2 Å². The Hall–Kier alpha value is -3.41. The zero-order valence-electron chi connectivity index (χ0n) is 27.6. The first-order valence-electron chi connectivity index (χ1n) is 15.4. The molecule has 1 aliphatic heterocycles. The second-order valence-electron chi connectivity index (χ2n) is 13.9. The standard InChI is InChI=1S/C33H49N5O5Si/c1-24-22-38(23-41-18-19-44(6,7)8)30-29(24)28(12-13-34-30)42-26-11-9-10-25(20-26)21-27(35-32(40)43-33(2,3)4)31(39)37-16-14-36(5)15-17-37/h9-13,20,22,27H,14-19,21,23H2,1-8H3,(H,35,40). The molecule has 0 saturated carbocycles. The number of carbonyl (C=O) groups is 2. The molecule has 240 valence electrons. The van der Waals surface area contributed by atoms with Gasteiger partial charge in [0.25, 0.3) is 0 Å². The van der Waals surface area contributed by atoms with Gasteiger partial charge in [0.1, 0.15) is 35.5 Å². The Morgan fingerprint density at radius 2 is 1.82 bits per heavy atom. The van der Waals surface area contributed by atoms with Gasteiger partial charge in [-0.1, -0.05) is 31.8 Å². The fraction of sp³-hybridized carbons (Fsp3) is 0.545. The van der Waals surface area contributed by atoms with Crippen molar-refractivity contribution in [1.29, 1.82) is 0 Å². The van der Waals surface area contributed by atoms with Gasteiger partial charge in [-0.15, -0.1) is 0 Å². The number of benzene rings is 1. The minimum absolute atomic E-state index is 0.116. The average Bonchev–Trinajstić information content (AvgIpc) is 3.25. The summed E-state index contributed by atoms with van der Waals surface area (Å²) in [7, 11) is 0.875. The first-order chi connectivity index (χ1) is 20.7. The third-order valence-electron chi connectivity index (χ3n) is 7.51. The van der Waals surface area contributed by atoms with Gasteiger partial charge in [0.15, 0.2) is 0 Å². The van der Waals surface area contributed by atoms with Crippen LogP contribution < -0.4 is 10.1 Å². The number of likely N-dealkylation sites (N-methyl/N-ethyl adjacent to an activating group) is 1. The highest BCUT2D eigenvalue weighted by Crippen LogP contribution is 2.33. The van der Waals surface area contributed by atoms with Gasteiger partial charge in [-0.2, -0.15) is 0 Å². The first-order valence-corrected chi connectivity index (χ1v) is 19.1. The molecule has 0 radical (unpaired) electrons. The number of hydrogen-bond acceptors (Lipinski definition) is 7. The number of aryl methyl sites for hydroxylation is 1. The Morgan fingerprint density at radius 1 is 1.09 bits per heavy atom. The largest absolute Gasteiger partial charge is 0.457 e. The molecule has 1 N–H and O–H groups in total. The van der Waals surface area contributed by atoms with E-state index in [-0.39, 0.29) is 5.91 Å². The Balaban J connectivity index is 1.51. The van der Waals surface area contributed by atoms with Crippen LogP contribution in [0.4, 0.5) is 4.79 Å². The van der Waals surface area contributed by atoms with Gasteiger partial charge < -0.3 is 33.9 Å². The van der Waals surface area contributed by atoms with Gasteiger partial charge in [0.05, 0.1) is 5.39 Å². The molecular formula is C33H49N5O5Si. The topological polar surface area (TPSA) is 98.2 Å². The maximum Gasteiger partial charge on any atom is 0.408 e. The number of amides is 2. The molecule has 1 aliphatic rings. The predicted molar refractivity (Wildman–Crippen MR) is 176 cm³/mol. The molecule has 11 heteroatoms. The first kappa shape index (κ1) is 33.5. The molecule has 0 aliphatic carbocycles. The van der Waals surface area contributed by atoms with E-state index in [0.717, 1.165) is 47.9 Å². The lowest BCUT2D eigenvalue weighted by atomic mass is 10.0. The Bertz CT molecular complexity index is 1440. The van der Waals surface area contributed by atoms with Crippen LogP contribution in [-0.4, -0.2) is 90.9 Å². The molecular weight excluding hydrogens is 574 g/mol. The molecule has 1 saturated heterocycles. The number of nitrogens with one attached hydrogen (secondary N) is 1. The fourth-order valence-electron chi connectivity index (χ4n) is 5.10. The maximum absolute atomic E-state index is 13.6. The third kappa shape index (κ3) is 9.54. The number of rotatable bonds is 11. The molecule has 1 atom stereocenters. The van der Waals surface area contributed by atoms with E-state index in [0.29, 0.717) is 37.7 Å². The monoisotopic (exact) mass is 623 g/mol. The normalized spacial score (nSPS) is 15.3. The molecule has 10 nitrogen and oxygen atoms in total. The number of ether oxygens (including phenoxy) is 3. The molecule has 1 fully saturated rings. The second kappa shape index (κ2) is 14.1. The number of fused-ring (bicyclic) bond motifs is 1. The highest BCUT2D eigenvalue weighted by molar-refractivity contribution is 6.76. The van der Waals surface area contributed by atoms with Crippen LogP contribution in [0.15, 0.2) is 42.7 Å². The summed E-state index contributed by atoms with van der Waals surface area (Å²) in [4.78, 5) is 35.0. The number of hydrogen-bond donors (Lipinski definition) is 1. The van der Waals surface area contributed by atoms with Crippen LogP contribution in [0.2, 0.25) is 25.7 Å². The van der Waals surface area contributed by atoms with Crippen molar-refractivity contribution in [2.75, 3.05) is 39.8 Å². The van der Waals surface area contributed by atoms with Gasteiger partial charge in [0.2, 0.25) is 5.91 Å². The summed E-state index contributed by atoms with van der Waals surface area (Å²) in [5.41, 5.74) is 2.05. The molecule has 4 rings (SSSR count). The number of nitrogens with zero attached hydrogens (tertiary/aromatic N) is 4. The molecule has 3 heterocycles. The summed E-state index contributed by atoms with van der Waals surface area (Å²) in [5, 5.41) is 3.77. The van der Waals surface area contributed by atoms with E-state index in [4.69, 9.17) is 14.2 Å². The highest BCUT2D eigenvalue weighted by Gasteiger charge is 2.30. The average molecular weight is 624 g/mol. The predicted octanol–water partition coefficient (Wildman–Crippen LogP) is 5.66. The van der Waals surface area contributed by atoms with Crippen molar-refractivity contribution in [1.82, 2.24) is 24.7 Å². The van der Waals surface area contributed by atoms with E-state index in [1.165, 1.54) is 0 Å². The van der Waals surface area contributed by atoms with Crippen LogP contribution in [0, 0.1) is 6.92 Å². The van der Waals surface area contributed by atoms with Crippen LogP contribution >= 0.6 is 0 Å². The summed E-state index contributed by atoms with van der Waals surface area (Å²) < 4.78 is 19.9.